The fourth-order valence-corrected chi connectivity index (χ4v) is 0.0500. The third-order valence-corrected chi connectivity index (χ3v) is 0.856. The first-order valence-electron chi connectivity index (χ1n) is 3.23. The minimum atomic E-state index is -0.306. The number of aliphatic hydroxyl groups is 4. The summed E-state index contributed by atoms with van der Waals surface area (Å²) >= 11 is 0. The summed E-state index contributed by atoms with van der Waals surface area (Å²) in [6.07, 6.45) is 0. The summed E-state index contributed by atoms with van der Waals surface area (Å²) in [7, 11) is 2.00. The fraction of sp³-hybridized carbons (Fsp3) is 1.00. The van der Waals surface area contributed by atoms with Crippen LogP contribution in [0, 0.1) is 5.41 Å². The van der Waals surface area contributed by atoms with Gasteiger partial charge in [-0.3, -0.25) is 0 Å². The Balaban J connectivity index is -0.000000138. The van der Waals surface area contributed by atoms with E-state index in [4.69, 9.17) is 20.4 Å². The van der Waals surface area contributed by atoms with Crippen LogP contribution >= 0.6 is 0 Å². The predicted octanol–water partition coefficient (Wildman–Crippen LogP) is -0.786. The molecule has 0 radical (unpaired) electrons. The zero-order chi connectivity index (χ0) is 9.91. The highest BCUT2D eigenvalue weighted by molar-refractivity contribution is 4.62. The van der Waals surface area contributed by atoms with Crippen molar-refractivity contribution in [3.63, 3.8) is 0 Å². The minimum absolute atomic E-state index is 0.0451. The Labute approximate surface area is 68.1 Å². The first-order valence-corrected chi connectivity index (χ1v) is 3.23. The Kier molecular flexibility index (Phi) is 19.4. The summed E-state index contributed by atoms with van der Waals surface area (Å²) in [5.41, 5.74) is -0.306. The van der Waals surface area contributed by atoms with E-state index in [0.29, 0.717) is 0 Å². The molecule has 0 aliphatic carbocycles. The quantitative estimate of drug-likeness (QED) is 0.436. The second-order valence-electron chi connectivity index (χ2n) is 2.48. The second kappa shape index (κ2) is 12.5. The molecular formula is C7H20O4. The molecule has 11 heavy (non-hydrogen) atoms. The maximum atomic E-state index is 8.43. The molecule has 0 aromatic carbocycles. The maximum absolute atomic E-state index is 8.43. The Bertz CT molecular complexity index is 48.4. The van der Waals surface area contributed by atoms with Crippen LogP contribution in [0.3, 0.4) is 0 Å². The van der Waals surface area contributed by atoms with Crippen LogP contribution < -0.4 is 0 Å². The third-order valence-electron chi connectivity index (χ3n) is 0.856. The number of aliphatic hydroxyl groups excluding tert-OH is 4. The van der Waals surface area contributed by atoms with Crippen LogP contribution in [0.1, 0.15) is 13.8 Å². The molecule has 0 heterocycles. The molecule has 0 saturated carbocycles. The highest BCUT2D eigenvalue weighted by Crippen LogP contribution is 2.10. The van der Waals surface area contributed by atoms with Crippen molar-refractivity contribution in [3.05, 3.63) is 0 Å². The van der Waals surface area contributed by atoms with Crippen molar-refractivity contribution < 1.29 is 20.4 Å². The van der Waals surface area contributed by atoms with Crippen LogP contribution in [0.2, 0.25) is 0 Å². The van der Waals surface area contributed by atoms with Crippen molar-refractivity contribution >= 4 is 0 Å². The maximum Gasteiger partial charge on any atom is 0.0504 e. The van der Waals surface area contributed by atoms with Gasteiger partial charge in [-0.1, -0.05) is 13.8 Å². The zero-order valence-corrected chi connectivity index (χ0v) is 7.70. The molecule has 0 saturated heterocycles. The van der Waals surface area contributed by atoms with Gasteiger partial charge in [0.2, 0.25) is 0 Å². The molecule has 0 aliphatic rings. The second-order valence-corrected chi connectivity index (χ2v) is 2.48. The van der Waals surface area contributed by atoms with E-state index < -0.39 is 0 Å². The van der Waals surface area contributed by atoms with Crippen LogP contribution in [0.5, 0.6) is 0 Å². The normalized spacial score (nSPS) is 8.73. The van der Waals surface area contributed by atoms with Crippen molar-refractivity contribution in [1.82, 2.24) is 0 Å². The van der Waals surface area contributed by atoms with E-state index in [9.17, 15) is 0 Å². The molecule has 0 aromatic heterocycles. The highest BCUT2D eigenvalue weighted by Gasteiger charge is 2.13. The minimum Gasteiger partial charge on any atom is -0.400 e. The lowest BCUT2D eigenvalue weighted by Crippen LogP contribution is -2.20. The zero-order valence-electron chi connectivity index (χ0n) is 7.70. The molecule has 4 N–H and O–H groups in total. The molecule has 0 rings (SSSR count). The topological polar surface area (TPSA) is 80.9 Å². The van der Waals surface area contributed by atoms with Gasteiger partial charge in [-0.05, 0) is 0 Å². The molecule has 0 bridgehead atoms. The number of hydrogen-bond acceptors (Lipinski definition) is 4. The van der Waals surface area contributed by atoms with Crippen LogP contribution in [0.15, 0.2) is 0 Å². The van der Waals surface area contributed by atoms with Crippen molar-refractivity contribution in [1.29, 1.82) is 0 Å². The summed E-state index contributed by atoms with van der Waals surface area (Å²) in [5.74, 6) is 0. The Hall–Kier alpha value is -0.160. The van der Waals surface area contributed by atoms with Gasteiger partial charge in [-0.15, -0.1) is 0 Å². The van der Waals surface area contributed by atoms with Gasteiger partial charge in [0, 0.05) is 19.6 Å². The molecule has 0 unspecified atom stereocenters. The standard InChI is InChI=1S/C5H12O2.2CH4O/c1-5(2,3-6)4-7;2*1-2/h6-7H,3-4H2,1-2H3;2*2H,1H3. The SMILES string of the molecule is CC(C)(CO)CO.CO.CO. The smallest absolute Gasteiger partial charge is 0.0504 e. The van der Waals surface area contributed by atoms with Gasteiger partial charge in [0.15, 0.2) is 0 Å². The van der Waals surface area contributed by atoms with Crippen LogP contribution in [-0.2, 0) is 0 Å². The molecule has 0 aromatic rings. The summed E-state index contributed by atoms with van der Waals surface area (Å²) in [4.78, 5) is 0. The van der Waals surface area contributed by atoms with Crippen LogP contribution in [0.25, 0.3) is 0 Å². The summed E-state index contributed by atoms with van der Waals surface area (Å²) in [6, 6.07) is 0. The molecule has 0 fully saturated rings. The first kappa shape index (κ1) is 17.1. The summed E-state index contributed by atoms with van der Waals surface area (Å²) in [6.45, 7) is 3.69. The number of hydrogen-bond donors (Lipinski definition) is 4. The lowest BCUT2D eigenvalue weighted by molar-refractivity contribution is 0.0857. The van der Waals surface area contributed by atoms with Gasteiger partial charge < -0.3 is 20.4 Å². The van der Waals surface area contributed by atoms with E-state index in [1.807, 2.05) is 0 Å². The van der Waals surface area contributed by atoms with E-state index >= 15 is 0 Å². The Morgan fingerprint density at radius 2 is 1.00 bits per heavy atom. The van der Waals surface area contributed by atoms with E-state index in [0.717, 1.165) is 14.2 Å². The van der Waals surface area contributed by atoms with E-state index in [1.165, 1.54) is 0 Å². The monoisotopic (exact) mass is 168 g/mol. The molecule has 0 atom stereocenters. The molecule has 4 heteroatoms. The van der Waals surface area contributed by atoms with Gasteiger partial charge in [-0.25, -0.2) is 0 Å². The van der Waals surface area contributed by atoms with Crippen LogP contribution in [0.4, 0.5) is 0 Å². The summed E-state index contributed by atoms with van der Waals surface area (Å²) in [5, 5.41) is 30.9. The van der Waals surface area contributed by atoms with Crippen molar-refractivity contribution in [2.45, 2.75) is 13.8 Å². The molecule has 0 aliphatic heterocycles. The first-order chi connectivity index (χ1) is 5.12. The number of rotatable bonds is 2. The lowest BCUT2D eigenvalue weighted by Gasteiger charge is -2.16. The average Bonchev–Trinajstić information content (AvgIpc) is 2.12. The van der Waals surface area contributed by atoms with Crippen molar-refractivity contribution in [2.24, 2.45) is 5.41 Å². The van der Waals surface area contributed by atoms with Crippen LogP contribution in [-0.4, -0.2) is 47.9 Å². The highest BCUT2D eigenvalue weighted by atomic mass is 16.3. The Morgan fingerprint density at radius 1 is 0.818 bits per heavy atom. The molecule has 0 spiro atoms. The summed E-state index contributed by atoms with van der Waals surface area (Å²) < 4.78 is 0. The van der Waals surface area contributed by atoms with Crippen molar-refractivity contribution in [3.8, 4) is 0 Å². The average molecular weight is 168 g/mol. The molecule has 4 nitrogen and oxygen atoms in total. The molecule has 72 valence electrons. The largest absolute Gasteiger partial charge is 0.400 e. The third kappa shape index (κ3) is 17.7. The molecular weight excluding hydrogens is 148 g/mol. The van der Waals surface area contributed by atoms with Gasteiger partial charge in [0.05, 0.1) is 13.2 Å². The Morgan fingerprint density at radius 3 is 1.00 bits per heavy atom. The van der Waals surface area contributed by atoms with Gasteiger partial charge in [0.1, 0.15) is 0 Å². The van der Waals surface area contributed by atoms with Gasteiger partial charge >= 0.3 is 0 Å². The van der Waals surface area contributed by atoms with Crippen molar-refractivity contribution in [2.75, 3.05) is 27.4 Å². The van der Waals surface area contributed by atoms with E-state index in [1.54, 1.807) is 13.8 Å². The lowest BCUT2D eigenvalue weighted by atomic mass is 9.97. The van der Waals surface area contributed by atoms with E-state index in [-0.39, 0.29) is 18.6 Å². The van der Waals surface area contributed by atoms with E-state index in [2.05, 4.69) is 0 Å². The predicted molar refractivity (Wildman–Crippen MR) is 44.2 cm³/mol. The van der Waals surface area contributed by atoms with Gasteiger partial charge in [-0.2, -0.15) is 0 Å². The fourth-order valence-electron chi connectivity index (χ4n) is 0.0500. The van der Waals surface area contributed by atoms with Gasteiger partial charge in [0.25, 0.3) is 0 Å². The molecule has 0 amide bonds.